The van der Waals surface area contributed by atoms with Crippen molar-refractivity contribution in [3.8, 4) is 0 Å². The Kier molecular flexibility index (Phi) is 3.57. The first-order chi connectivity index (χ1) is 13.2. The maximum Gasteiger partial charge on any atom is 0.226 e. The van der Waals surface area contributed by atoms with Gasteiger partial charge >= 0.3 is 0 Å². The fraction of sp³-hybridized carbons (Fsp3) is 0.143. The van der Waals surface area contributed by atoms with Crippen LogP contribution in [0.3, 0.4) is 0 Å². The highest BCUT2D eigenvalue weighted by Crippen LogP contribution is 2.39. The molecule has 1 aliphatic heterocycles. The minimum absolute atomic E-state index is 0.0407. The lowest BCUT2D eigenvalue weighted by Crippen LogP contribution is -2.25. The molecule has 3 heterocycles. The second kappa shape index (κ2) is 6.09. The summed E-state index contributed by atoms with van der Waals surface area (Å²) in [5.41, 5.74) is 3.94. The fourth-order valence-corrected chi connectivity index (χ4v) is 3.89. The second-order valence-corrected chi connectivity index (χ2v) is 6.83. The third kappa shape index (κ3) is 2.70. The number of rotatable bonds is 3. The summed E-state index contributed by atoms with van der Waals surface area (Å²) in [6.45, 7) is 0.397. The largest absolute Gasteiger partial charge is 0.361 e. The first-order valence-electron chi connectivity index (χ1n) is 8.85. The van der Waals surface area contributed by atoms with Gasteiger partial charge < -0.3 is 10.3 Å². The molecule has 0 saturated heterocycles. The molecule has 1 amide bonds. The van der Waals surface area contributed by atoms with E-state index in [-0.39, 0.29) is 17.6 Å². The Hall–Kier alpha value is -3.41. The van der Waals surface area contributed by atoms with Crippen molar-refractivity contribution in [3.05, 3.63) is 83.4 Å². The summed E-state index contributed by atoms with van der Waals surface area (Å²) in [7, 11) is 0. The van der Waals surface area contributed by atoms with Crippen LogP contribution in [0.2, 0.25) is 0 Å². The molecule has 4 aromatic rings. The minimum atomic E-state index is -0.283. The number of carbonyl (C=O) groups is 1. The van der Waals surface area contributed by atoms with Crippen LogP contribution in [0.15, 0.2) is 60.9 Å². The van der Waals surface area contributed by atoms with Gasteiger partial charge in [0, 0.05) is 35.0 Å². The van der Waals surface area contributed by atoms with Crippen molar-refractivity contribution in [2.24, 2.45) is 0 Å². The van der Waals surface area contributed by atoms with Gasteiger partial charge in [0.05, 0.1) is 12.7 Å². The molecule has 0 aliphatic carbocycles. The van der Waals surface area contributed by atoms with Gasteiger partial charge in [-0.15, -0.1) is 0 Å². The highest BCUT2D eigenvalue weighted by Gasteiger charge is 2.31. The van der Waals surface area contributed by atoms with Crippen LogP contribution in [-0.2, 0) is 11.3 Å². The number of aromatic amines is 1. The van der Waals surface area contributed by atoms with Crippen LogP contribution in [0, 0.1) is 5.82 Å². The lowest BCUT2D eigenvalue weighted by atomic mass is 9.85. The molecule has 0 bridgehead atoms. The highest BCUT2D eigenvalue weighted by molar-refractivity contribution is 5.95. The first kappa shape index (κ1) is 15.8. The fourth-order valence-electron chi connectivity index (χ4n) is 3.89. The number of fused-ring (bicyclic) bond motifs is 2. The number of H-pyrrole nitrogens is 1. The molecule has 5 rings (SSSR count). The van der Waals surface area contributed by atoms with Crippen LogP contribution in [-0.4, -0.2) is 20.7 Å². The lowest BCUT2D eigenvalue weighted by Gasteiger charge is -2.24. The zero-order valence-corrected chi connectivity index (χ0v) is 14.4. The van der Waals surface area contributed by atoms with Crippen molar-refractivity contribution in [3.63, 3.8) is 0 Å². The van der Waals surface area contributed by atoms with Gasteiger partial charge in [-0.25, -0.2) is 9.07 Å². The first-order valence-corrected chi connectivity index (χ1v) is 8.85. The standard InChI is InChI=1S/C21H17FN4O/c22-14-4-1-3-13(9-14)12-26-21-18(11-24-26)17(10-20(27)25-21)15-5-2-6-19-16(15)7-8-23-19/h1-9,11,17,23H,10,12H2,(H,25,27)/t17-/m1/s1. The topological polar surface area (TPSA) is 62.7 Å². The molecule has 0 radical (unpaired) electrons. The number of hydrogen-bond donors (Lipinski definition) is 2. The van der Waals surface area contributed by atoms with Crippen LogP contribution in [0.4, 0.5) is 10.2 Å². The van der Waals surface area contributed by atoms with E-state index in [0.717, 1.165) is 27.6 Å². The molecule has 0 spiro atoms. The number of carbonyl (C=O) groups excluding carboxylic acids is 1. The predicted octanol–water partition coefficient (Wildman–Crippen LogP) is 4.03. The Morgan fingerprint density at radius 3 is 2.93 bits per heavy atom. The molecule has 2 aromatic carbocycles. The minimum Gasteiger partial charge on any atom is -0.361 e. The predicted molar refractivity (Wildman–Crippen MR) is 101 cm³/mol. The molecule has 5 nitrogen and oxygen atoms in total. The zero-order chi connectivity index (χ0) is 18.4. The Bertz CT molecular complexity index is 1160. The molecule has 0 unspecified atom stereocenters. The van der Waals surface area contributed by atoms with E-state index < -0.39 is 0 Å². The van der Waals surface area contributed by atoms with Crippen molar-refractivity contribution in [2.45, 2.75) is 18.9 Å². The smallest absolute Gasteiger partial charge is 0.226 e. The van der Waals surface area contributed by atoms with E-state index in [1.54, 1.807) is 10.7 Å². The Morgan fingerprint density at radius 1 is 1.15 bits per heavy atom. The van der Waals surface area contributed by atoms with Crippen LogP contribution in [0.1, 0.15) is 29.0 Å². The number of halogens is 1. The van der Waals surface area contributed by atoms with Crippen molar-refractivity contribution < 1.29 is 9.18 Å². The van der Waals surface area contributed by atoms with Crippen LogP contribution >= 0.6 is 0 Å². The van der Waals surface area contributed by atoms with Crippen molar-refractivity contribution >= 4 is 22.6 Å². The SMILES string of the molecule is O=C1C[C@H](c2cccc3[nH]ccc23)c2cnn(Cc3cccc(F)c3)c2N1. The van der Waals surface area contributed by atoms with Gasteiger partial charge in [0.15, 0.2) is 0 Å². The maximum absolute atomic E-state index is 13.5. The van der Waals surface area contributed by atoms with E-state index in [4.69, 9.17) is 0 Å². The molecular weight excluding hydrogens is 343 g/mol. The molecular formula is C21H17FN4O. The zero-order valence-electron chi connectivity index (χ0n) is 14.4. The summed E-state index contributed by atoms with van der Waals surface area (Å²) in [5.74, 6) is 0.304. The van der Waals surface area contributed by atoms with Gasteiger partial charge in [0.1, 0.15) is 11.6 Å². The lowest BCUT2D eigenvalue weighted by molar-refractivity contribution is -0.116. The van der Waals surface area contributed by atoms with E-state index in [2.05, 4.69) is 21.5 Å². The molecule has 1 aliphatic rings. The number of nitrogens with zero attached hydrogens (tertiary/aromatic N) is 2. The molecule has 0 saturated carbocycles. The van der Waals surface area contributed by atoms with E-state index in [1.165, 1.54) is 12.1 Å². The molecule has 134 valence electrons. The van der Waals surface area contributed by atoms with Crippen LogP contribution in [0.5, 0.6) is 0 Å². The van der Waals surface area contributed by atoms with E-state index in [0.29, 0.717) is 18.8 Å². The molecule has 2 N–H and O–H groups in total. The van der Waals surface area contributed by atoms with Gasteiger partial charge in [-0.1, -0.05) is 24.3 Å². The highest BCUT2D eigenvalue weighted by atomic mass is 19.1. The number of hydrogen-bond acceptors (Lipinski definition) is 2. The van der Waals surface area contributed by atoms with Gasteiger partial charge in [-0.05, 0) is 35.4 Å². The monoisotopic (exact) mass is 360 g/mol. The molecule has 6 heteroatoms. The number of aromatic nitrogens is 3. The number of amides is 1. The summed E-state index contributed by atoms with van der Waals surface area (Å²) in [4.78, 5) is 15.6. The number of nitrogens with one attached hydrogen (secondary N) is 2. The van der Waals surface area contributed by atoms with Gasteiger partial charge in [0.2, 0.25) is 5.91 Å². The van der Waals surface area contributed by atoms with Gasteiger partial charge in [0.25, 0.3) is 0 Å². The Balaban J connectivity index is 1.58. The van der Waals surface area contributed by atoms with Crippen molar-refractivity contribution in [2.75, 3.05) is 5.32 Å². The average molecular weight is 360 g/mol. The van der Waals surface area contributed by atoms with E-state index in [1.807, 2.05) is 36.7 Å². The van der Waals surface area contributed by atoms with Gasteiger partial charge in [-0.3, -0.25) is 4.79 Å². The van der Waals surface area contributed by atoms with E-state index >= 15 is 0 Å². The molecule has 27 heavy (non-hydrogen) atoms. The third-order valence-corrected chi connectivity index (χ3v) is 5.12. The summed E-state index contributed by atoms with van der Waals surface area (Å²) in [5, 5.41) is 8.53. The summed E-state index contributed by atoms with van der Waals surface area (Å²) < 4.78 is 15.2. The van der Waals surface area contributed by atoms with Gasteiger partial charge in [-0.2, -0.15) is 5.10 Å². The third-order valence-electron chi connectivity index (χ3n) is 5.12. The molecule has 2 aromatic heterocycles. The Morgan fingerprint density at radius 2 is 2.04 bits per heavy atom. The van der Waals surface area contributed by atoms with E-state index in [9.17, 15) is 9.18 Å². The second-order valence-electron chi connectivity index (χ2n) is 6.83. The molecule has 0 fully saturated rings. The number of benzene rings is 2. The maximum atomic E-state index is 13.5. The number of anilines is 1. The normalized spacial score (nSPS) is 16.3. The van der Waals surface area contributed by atoms with Crippen molar-refractivity contribution in [1.82, 2.24) is 14.8 Å². The Labute approximate surface area is 154 Å². The average Bonchev–Trinajstić information content (AvgIpc) is 3.28. The summed E-state index contributed by atoms with van der Waals surface area (Å²) >= 11 is 0. The van der Waals surface area contributed by atoms with Crippen molar-refractivity contribution in [1.29, 1.82) is 0 Å². The molecule has 1 atom stereocenters. The summed E-state index contributed by atoms with van der Waals surface area (Å²) in [6.07, 6.45) is 4.10. The quantitative estimate of drug-likeness (QED) is 0.579. The summed E-state index contributed by atoms with van der Waals surface area (Å²) in [6, 6.07) is 14.5. The van der Waals surface area contributed by atoms with Crippen LogP contribution in [0.25, 0.3) is 10.9 Å². The van der Waals surface area contributed by atoms with Crippen LogP contribution < -0.4 is 5.32 Å².